The first kappa shape index (κ1) is 14.0. The summed E-state index contributed by atoms with van der Waals surface area (Å²) in [5.41, 5.74) is 6.37. The fourth-order valence-corrected chi connectivity index (χ4v) is 3.88. The maximum atomic E-state index is 4.81. The molecule has 122 valence electrons. The summed E-state index contributed by atoms with van der Waals surface area (Å²) in [5.74, 6) is 0.925. The number of benzene rings is 1. The van der Waals surface area contributed by atoms with Gasteiger partial charge in [0.1, 0.15) is 5.69 Å². The van der Waals surface area contributed by atoms with Crippen LogP contribution in [0.15, 0.2) is 36.7 Å². The molecule has 5 rings (SSSR count). The van der Waals surface area contributed by atoms with E-state index in [0.717, 1.165) is 37.6 Å². The van der Waals surface area contributed by atoms with Crippen LogP contribution in [0.1, 0.15) is 29.7 Å². The first-order valence-electron chi connectivity index (χ1n) is 8.82. The van der Waals surface area contributed by atoms with E-state index in [9.17, 15) is 0 Å². The molecular weight excluding hydrogens is 298 g/mol. The molecule has 0 bridgehead atoms. The van der Waals surface area contributed by atoms with E-state index in [2.05, 4.69) is 43.8 Å². The summed E-state index contributed by atoms with van der Waals surface area (Å²) in [6, 6.07) is 8.96. The maximum Gasteiger partial charge on any atom is 0.165 e. The van der Waals surface area contributed by atoms with Gasteiger partial charge in [-0.2, -0.15) is 5.10 Å². The average molecular weight is 319 g/mol. The van der Waals surface area contributed by atoms with Crippen LogP contribution in [0.2, 0.25) is 0 Å². The fraction of sp³-hybridized carbons (Fsp3) is 0.368. The van der Waals surface area contributed by atoms with E-state index < -0.39 is 0 Å². The number of imidazole rings is 1. The van der Waals surface area contributed by atoms with Crippen molar-refractivity contribution < 1.29 is 0 Å². The Morgan fingerprint density at radius 1 is 1.04 bits per heavy atom. The van der Waals surface area contributed by atoms with Crippen LogP contribution in [-0.2, 0) is 25.9 Å². The molecule has 24 heavy (non-hydrogen) atoms. The minimum atomic E-state index is 0.882. The summed E-state index contributed by atoms with van der Waals surface area (Å²) in [6.07, 6.45) is 8.70. The van der Waals surface area contributed by atoms with Crippen molar-refractivity contribution in [2.45, 2.75) is 38.8 Å². The SMILES string of the molecule is c1cn(-c2ccc3c(c2)CCC3)c(-c2cc3n(n2)CCCNC3)n1. The lowest BCUT2D eigenvalue weighted by molar-refractivity contribution is 0.588. The summed E-state index contributed by atoms with van der Waals surface area (Å²) in [7, 11) is 0. The summed E-state index contributed by atoms with van der Waals surface area (Å²) in [4.78, 5) is 4.59. The summed E-state index contributed by atoms with van der Waals surface area (Å²) >= 11 is 0. The maximum absolute atomic E-state index is 4.81. The van der Waals surface area contributed by atoms with Gasteiger partial charge in [0.05, 0.1) is 5.69 Å². The van der Waals surface area contributed by atoms with E-state index in [1.54, 1.807) is 0 Å². The van der Waals surface area contributed by atoms with Gasteiger partial charge in [-0.05, 0) is 61.6 Å². The topological polar surface area (TPSA) is 47.7 Å². The highest BCUT2D eigenvalue weighted by molar-refractivity contribution is 5.56. The van der Waals surface area contributed by atoms with Crippen LogP contribution in [-0.4, -0.2) is 25.9 Å². The van der Waals surface area contributed by atoms with E-state index >= 15 is 0 Å². The summed E-state index contributed by atoms with van der Waals surface area (Å²) < 4.78 is 4.28. The second kappa shape index (κ2) is 5.60. The minimum absolute atomic E-state index is 0.882. The van der Waals surface area contributed by atoms with Crippen molar-refractivity contribution in [3.05, 3.63) is 53.5 Å². The molecule has 0 saturated heterocycles. The molecule has 0 amide bonds. The van der Waals surface area contributed by atoms with E-state index in [1.165, 1.54) is 41.8 Å². The van der Waals surface area contributed by atoms with Gasteiger partial charge >= 0.3 is 0 Å². The lowest BCUT2D eigenvalue weighted by Gasteiger charge is -2.08. The van der Waals surface area contributed by atoms with Crippen LogP contribution in [0.5, 0.6) is 0 Å². The molecule has 2 aliphatic rings. The predicted molar refractivity (Wildman–Crippen MR) is 93.1 cm³/mol. The van der Waals surface area contributed by atoms with Gasteiger partial charge in [0.2, 0.25) is 0 Å². The zero-order valence-electron chi connectivity index (χ0n) is 13.7. The normalized spacial score (nSPS) is 16.7. The highest BCUT2D eigenvalue weighted by atomic mass is 15.3. The Hall–Kier alpha value is -2.40. The molecule has 0 atom stereocenters. The van der Waals surface area contributed by atoms with E-state index in [1.807, 2.05) is 12.4 Å². The van der Waals surface area contributed by atoms with Gasteiger partial charge in [-0.3, -0.25) is 9.25 Å². The number of aryl methyl sites for hydroxylation is 3. The van der Waals surface area contributed by atoms with Gasteiger partial charge in [-0.1, -0.05) is 6.07 Å². The van der Waals surface area contributed by atoms with Crippen molar-refractivity contribution in [1.29, 1.82) is 0 Å². The molecule has 3 aromatic rings. The zero-order valence-corrected chi connectivity index (χ0v) is 13.7. The second-order valence-electron chi connectivity index (χ2n) is 6.70. The molecular formula is C19H21N5. The Labute approximate surface area is 141 Å². The largest absolute Gasteiger partial charge is 0.311 e. The standard InChI is InChI=1S/C19H21N5/c1-3-14-5-6-16(11-15(14)4-1)23-10-8-21-19(23)18-12-17-13-20-7-2-9-24(17)22-18/h5-6,8,10-12,20H,1-4,7,9,13H2. The van der Waals surface area contributed by atoms with Gasteiger partial charge in [0.25, 0.3) is 0 Å². The molecule has 0 saturated carbocycles. The Morgan fingerprint density at radius 2 is 2.00 bits per heavy atom. The monoisotopic (exact) mass is 319 g/mol. The fourth-order valence-electron chi connectivity index (χ4n) is 3.88. The molecule has 1 aliphatic heterocycles. The second-order valence-corrected chi connectivity index (χ2v) is 6.70. The van der Waals surface area contributed by atoms with Crippen molar-refractivity contribution in [2.24, 2.45) is 0 Å². The zero-order chi connectivity index (χ0) is 15.9. The van der Waals surface area contributed by atoms with Crippen molar-refractivity contribution in [1.82, 2.24) is 24.6 Å². The third-order valence-corrected chi connectivity index (χ3v) is 5.12. The lowest BCUT2D eigenvalue weighted by Crippen LogP contribution is -2.11. The molecule has 1 N–H and O–H groups in total. The number of nitrogens with one attached hydrogen (secondary N) is 1. The van der Waals surface area contributed by atoms with Gasteiger partial charge in [0.15, 0.2) is 5.82 Å². The number of aromatic nitrogens is 4. The van der Waals surface area contributed by atoms with Crippen molar-refractivity contribution in [3.63, 3.8) is 0 Å². The van der Waals surface area contributed by atoms with Crippen LogP contribution in [0.25, 0.3) is 17.2 Å². The predicted octanol–water partition coefficient (Wildman–Crippen LogP) is 2.72. The number of nitrogens with zero attached hydrogens (tertiary/aromatic N) is 4. The van der Waals surface area contributed by atoms with E-state index in [4.69, 9.17) is 5.10 Å². The quantitative estimate of drug-likeness (QED) is 0.790. The van der Waals surface area contributed by atoms with Crippen LogP contribution in [0.3, 0.4) is 0 Å². The third-order valence-electron chi connectivity index (χ3n) is 5.12. The highest BCUT2D eigenvalue weighted by Gasteiger charge is 2.17. The summed E-state index contributed by atoms with van der Waals surface area (Å²) in [5, 5.41) is 8.25. The lowest BCUT2D eigenvalue weighted by atomic mass is 10.1. The molecule has 5 nitrogen and oxygen atoms in total. The number of fused-ring (bicyclic) bond motifs is 2. The molecule has 3 heterocycles. The minimum Gasteiger partial charge on any atom is -0.311 e. The van der Waals surface area contributed by atoms with Crippen molar-refractivity contribution in [2.75, 3.05) is 6.54 Å². The Balaban J connectivity index is 1.56. The highest BCUT2D eigenvalue weighted by Crippen LogP contribution is 2.27. The van der Waals surface area contributed by atoms with Gasteiger partial charge < -0.3 is 5.32 Å². The Bertz CT molecular complexity index is 866. The first-order valence-corrected chi connectivity index (χ1v) is 8.82. The molecule has 1 aliphatic carbocycles. The molecule has 1 aromatic carbocycles. The Morgan fingerprint density at radius 3 is 3.00 bits per heavy atom. The van der Waals surface area contributed by atoms with E-state index in [0.29, 0.717) is 0 Å². The van der Waals surface area contributed by atoms with Crippen LogP contribution < -0.4 is 5.32 Å². The van der Waals surface area contributed by atoms with Gasteiger partial charge in [-0.25, -0.2) is 4.98 Å². The van der Waals surface area contributed by atoms with Crippen LogP contribution in [0.4, 0.5) is 0 Å². The summed E-state index contributed by atoms with van der Waals surface area (Å²) in [6.45, 7) is 2.91. The smallest absolute Gasteiger partial charge is 0.165 e. The molecule has 0 unspecified atom stereocenters. The molecule has 0 radical (unpaired) electrons. The number of hydrogen-bond donors (Lipinski definition) is 1. The molecule has 0 spiro atoms. The first-order chi connectivity index (χ1) is 11.9. The number of hydrogen-bond acceptors (Lipinski definition) is 3. The molecule has 5 heteroatoms. The average Bonchev–Trinajstić information content (AvgIpc) is 3.31. The van der Waals surface area contributed by atoms with Crippen LogP contribution in [0, 0.1) is 0 Å². The van der Waals surface area contributed by atoms with Crippen molar-refractivity contribution in [3.8, 4) is 17.2 Å². The van der Waals surface area contributed by atoms with Crippen LogP contribution >= 0.6 is 0 Å². The molecule has 2 aromatic heterocycles. The third kappa shape index (κ3) is 2.27. The van der Waals surface area contributed by atoms with Crippen molar-refractivity contribution >= 4 is 0 Å². The van der Waals surface area contributed by atoms with Gasteiger partial charge in [-0.15, -0.1) is 0 Å². The van der Waals surface area contributed by atoms with E-state index in [-0.39, 0.29) is 0 Å². The van der Waals surface area contributed by atoms with Gasteiger partial charge in [0, 0.05) is 31.2 Å². The Kier molecular flexibility index (Phi) is 3.26. The number of rotatable bonds is 2. The molecule has 0 fully saturated rings.